The number of nitrogens with zero attached hydrogens (tertiary/aromatic N) is 2. The fraction of sp³-hybridized carbons (Fsp3) is 0.667. The van der Waals surface area contributed by atoms with Crippen molar-refractivity contribution in [1.29, 1.82) is 0 Å². The number of halogens is 1. The van der Waals surface area contributed by atoms with Gasteiger partial charge in [0.1, 0.15) is 0 Å². The van der Waals surface area contributed by atoms with Gasteiger partial charge in [-0.05, 0) is 44.2 Å². The minimum absolute atomic E-state index is 0. The molecule has 2 aliphatic heterocycles. The van der Waals surface area contributed by atoms with Gasteiger partial charge in [0.05, 0.1) is 6.10 Å². The van der Waals surface area contributed by atoms with Gasteiger partial charge in [0, 0.05) is 58.2 Å². The SMILES string of the molecule is CN=C(NCCCOC1CCOCC1)NC1CCCN(c2ccccc2)C1.I. The number of hydrogen-bond acceptors (Lipinski definition) is 4. The van der Waals surface area contributed by atoms with Gasteiger partial charge in [0.25, 0.3) is 0 Å². The Kier molecular flexibility index (Phi) is 11.0. The summed E-state index contributed by atoms with van der Waals surface area (Å²) in [5.41, 5.74) is 1.30. The van der Waals surface area contributed by atoms with E-state index >= 15 is 0 Å². The molecule has 1 aromatic rings. The molecule has 1 unspecified atom stereocenters. The largest absolute Gasteiger partial charge is 0.381 e. The molecule has 2 saturated heterocycles. The van der Waals surface area contributed by atoms with E-state index in [9.17, 15) is 0 Å². The number of benzene rings is 1. The third-order valence-electron chi connectivity index (χ3n) is 5.24. The molecule has 7 heteroatoms. The zero-order valence-corrected chi connectivity index (χ0v) is 19.3. The van der Waals surface area contributed by atoms with Crippen LogP contribution in [0.25, 0.3) is 0 Å². The first kappa shape index (κ1) is 23.2. The van der Waals surface area contributed by atoms with Crippen LogP contribution in [0.3, 0.4) is 0 Å². The van der Waals surface area contributed by atoms with Crippen molar-refractivity contribution in [3.8, 4) is 0 Å². The van der Waals surface area contributed by atoms with E-state index in [-0.39, 0.29) is 24.0 Å². The highest BCUT2D eigenvalue weighted by atomic mass is 127. The standard InChI is InChI=1S/C21H34N4O2.HI/c1-22-21(23-12-6-14-27-20-10-15-26-16-11-20)24-18-7-5-13-25(17-18)19-8-3-2-4-9-19;/h2-4,8-9,18,20H,5-7,10-17H2,1H3,(H2,22,23,24);1H. The fourth-order valence-corrected chi connectivity index (χ4v) is 3.73. The molecule has 0 saturated carbocycles. The van der Waals surface area contributed by atoms with Gasteiger partial charge in [0.2, 0.25) is 0 Å². The summed E-state index contributed by atoms with van der Waals surface area (Å²) in [4.78, 5) is 6.84. The van der Waals surface area contributed by atoms with Crippen LogP contribution in [0.4, 0.5) is 5.69 Å². The number of para-hydroxylation sites is 1. The second-order valence-electron chi connectivity index (χ2n) is 7.30. The van der Waals surface area contributed by atoms with Gasteiger partial charge in [0.15, 0.2) is 5.96 Å². The number of rotatable bonds is 7. The minimum atomic E-state index is 0. The Morgan fingerprint density at radius 3 is 2.75 bits per heavy atom. The number of anilines is 1. The Labute approximate surface area is 186 Å². The van der Waals surface area contributed by atoms with Crippen molar-refractivity contribution in [3.63, 3.8) is 0 Å². The van der Waals surface area contributed by atoms with Crippen LogP contribution in [0.1, 0.15) is 32.1 Å². The maximum atomic E-state index is 5.92. The predicted octanol–water partition coefficient (Wildman–Crippen LogP) is 3.02. The summed E-state index contributed by atoms with van der Waals surface area (Å²) in [6.45, 7) is 5.47. The van der Waals surface area contributed by atoms with Gasteiger partial charge >= 0.3 is 0 Å². The first-order chi connectivity index (χ1) is 13.3. The second kappa shape index (κ2) is 13.2. The molecule has 0 bridgehead atoms. The topological polar surface area (TPSA) is 58.1 Å². The quantitative estimate of drug-likeness (QED) is 0.260. The molecule has 0 amide bonds. The van der Waals surface area contributed by atoms with Gasteiger partial charge in [-0.15, -0.1) is 24.0 Å². The predicted molar refractivity (Wildman–Crippen MR) is 126 cm³/mol. The maximum Gasteiger partial charge on any atom is 0.191 e. The van der Waals surface area contributed by atoms with E-state index in [2.05, 4.69) is 50.9 Å². The van der Waals surface area contributed by atoms with E-state index in [4.69, 9.17) is 9.47 Å². The molecule has 0 aromatic heterocycles. The van der Waals surface area contributed by atoms with Crippen LogP contribution in [-0.2, 0) is 9.47 Å². The van der Waals surface area contributed by atoms with E-state index in [1.54, 1.807) is 0 Å². The number of guanidine groups is 1. The molecular formula is C21H35IN4O2. The maximum absolute atomic E-state index is 5.92. The number of hydrogen-bond donors (Lipinski definition) is 2. The average Bonchev–Trinajstić information content (AvgIpc) is 2.74. The van der Waals surface area contributed by atoms with Crippen LogP contribution in [0, 0.1) is 0 Å². The van der Waals surface area contributed by atoms with Crippen molar-refractivity contribution < 1.29 is 9.47 Å². The summed E-state index contributed by atoms with van der Waals surface area (Å²) in [5.74, 6) is 0.890. The molecule has 3 rings (SSSR count). The molecule has 0 spiro atoms. The Morgan fingerprint density at radius 2 is 2.00 bits per heavy atom. The van der Waals surface area contributed by atoms with Crippen molar-refractivity contribution in [2.45, 2.75) is 44.2 Å². The van der Waals surface area contributed by atoms with Crippen LogP contribution in [-0.4, -0.2) is 64.6 Å². The molecule has 28 heavy (non-hydrogen) atoms. The van der Waals surface area contributed by atoms with Gasteiger partial charge in [-0.25, -0.2) is 0 Å². The highest BCUT2D eigenvalue weighted by Crippen LogP contribution is 2.19. The van der Waals surface area contributed by atoms with Crippen LogP contribution in [0.15, 0.2) is 35.3 Å². The van der Waals surface area contributed by atoms with E-state index < -0.39 is 0 Å². The van der Waals surface area contributed by atoms with Crippen LogP contribution >= 0.6 is 24.0 Å². The zero-order chi connectivity index (χ0) is 18.7. The van der Waals surface area contributed by atoms with Gasteiger partial charge in [-0.3, -0.25) is 4.99 Å². The monoisotopic (exact) mass is 502 g/mol. The summed E-state index contributed by atoms with van der Waals surface area (Å²) in [5, 5.41) is 7.01. The number of piperidine rings is 1. The minimum Gasteiger partial charge on any atom is -0.381 e. The molecule has 158 valence electrons. The lowest BCUT2D eigenvalue weighted by molar-refractivity contribution is -0.0320. The molecule has 0 aliphatic carbocycles. The smallest absolute Gasteiger partial charge is 0.191 e. The summed E-state index contributed by atoms with van der Waals surface area (Å²) < 4.78 is 11.3. The van der Waals surface area contributed by atoms with Crippen molar-refractivity contribution in [2.24, 2.45) is 4.99 Å². The Balaban J connectivity index is 0.00000280. The zero-order valence-electron chi connectivity index (χ0n) is 16.9. The normalized spacial score (nSPS) is 21.1. The number of ether oxygens (including phenoxy) is 2. The van der Waals surface area contributed by atoms with E-state index in [0.717, 1.165) is 64.7 Å². The lowest BCUT2D eigenvalue weighted by Gasteiger charge is -2.35. The Bertz CT molecular complexity index is 567. The molecule has 2 N–H and O–H groups in total. The molecule has 0 radical (unpaired) electrons. The third kappa shape index (κ3) is 7.75. The summed E-state index contributed by atoms with van der Waals surface area (Å²) in [6, 6.07) is 11.1. The number of nitrogens with one attached hydrogen (secondary N) is 2. The van der Waals surface area contributed by atoms with Crippen molar-refractivity contribution in [3.05, 3.63) is 30.3 Å². The molecule has 1 atom stereocenters. The van der Waals surface area contributed by atoms with E-state index in [1.807, 2.05) is 7.05 Å². The van der Waals surface area contributed by atoms with Crippen molar-refractivity contribution in [2.75, 3.05) is 51.4 Å². The van der Waals surface area contributed by atoms with Crippen molar-refractivity contribution in [1.82, 2.24) is 10.6 Å². The molecule has 2 aliphatic rings. The molecule has 6 nitrogen and oxygen atoms in total. The number of aliphatic imine (C=N–C) groups is 1. The van der Waals surface area contributed by atoms with E-state index in [1.165, 1.54) is 18.5 Å². The molecule has 2 fully saturated rings. The van der Waals surface area contributed by atoms with Crippen LogP contribution in [0.2, 0.25) is 0 Å². The first-order valence-electron chi connectivity index (χ1n) is 10.3. The van der Waals surface area contributed by atoms with Gasteiger partial charge < -0.3 is 25.0 Å². The van der Waals surface area contributed by atoms with Crippen molar-refractivity contribution >= 4 is 35.6 Å². The Hall–Kier alpha value is -1.06. The van der Waals surface area contributed by atoms with Gasteiger partial charge in [-0.2, -0.15) is 0 Å². The highest BCUT2D eigenvalue weighted by Gasteiger charge is 2.20. The van der Waals surface area contributed by atoms with E-state index in [0.29, 0.717) is 12.1 Å². The Morgan fingerprint density at radius 1 is 1.21 bits per heavy atom. The summed E-state index contributed by atoms with van der Waals surface area (Å²) in [7, 11) is 1.84. The summed E-state index contributed by atoms with van der Waals surface area (Å²) >= 11 is 0. The van der Waals surface area contributed by atoms with Gasteiger partial charge in [-0.1, -0.05) is 18.2 Å². The second-order valence-corrected chi connectivity index (χ2v) is 7.30. The summed E-state index contributed by atoms with van der Waals surface area (Å²) in [6.07, 6.45) is 5.78. The third-order valence-corrected chi connectivity index (χ3v) is 5.24. The molecule has 1 aromatic carbocycles. The van der Waals surface area contributed by atoms with Crippen LogP contribution in [0.5, 0.6) is 0 Å². The average molecular weight is 502 g/mol. The lowest BCUT2D eigenvalue weighted by atomic mass is 10.1. The first-order valence-corrected chi connectivity index (χ1v) is 10.3. The highest BCUT2D eigenvalue weighted by molar-refractivity contribution is 14.0. The molecule has 2 heterocycles. The molecular weight excluding hydrogens is 467 g/mol. The fourth-order valence-electron chi connectivity index (χ4n) is 3.73. The van der Waals surface area contributed by atoms with Crippen LogP contribution < -0.4 is 15.5 Å². The lowest BCUT2D eigenvalue weighted by Crippen LogP contribution is -2.51.